The number of aryl methyl sites for hydroxylation is 1. The van der Waals surface area contributed by atoms with Crippen LogP contribution in [0, 0.1) is 23.7 Å². The first-order chi connectivity index (χ1) is 43.6. The van der Waals surface area contributed by atoms with Crippen LogP contribution in [-0.2, 0) is 34.7 Å². The van der Waals surface area contributed by atoms with Gasteiger partial charge in [0.15, 0.2) is 0 Å². The van der Waals surface area contributed by atoms with E-state index in [0.29, 0.717) is 28.9 Å². The van der Waals surface area contributed by atoms with Crippen LogP contribution in [0.3, 0.4) is 0 Å². The zero-order valence-electron chi connectivity index (χ0n) is 62.6. The van der Waals surface area contributed by atoms with E-state index in [4.69, 9.17) is 9.47 Å². The molecule has 5 saturated heterocycles. The van der Waals surface area contributed by atoms with E-state index in [1.807, 2.05) is 124 Å². The maximum absolute atomic E-state index is 12.5. The highest BCUT2D eigenvalue weighted by molar-refractivity contribution is 5.94. The molecular weight excluding hydrogens is 1160 g/mol. The van der Waals surface area contributed by atoms with Crippen LogP contribution in [0.5, 0.6) is 5.75 Å². The second kappa shape index (κ2) is 32.7. The third kappa shape index (κ3) is 24.9. The molecule has 1 N–H and O–H groups in total. The number of benzene rings is 4. The number of aliphatic hydroxyl groups is 1. The van der Waals surface area contributed by atoms with Crippen molar-refractivity contribution >= 4 is 11.8 Å². The average Bonchev–Trinajstić information content (AvgIpc) is 0.766. The van der Waals surface area contributed by atoms with Crippen molar-refractivity contribution in [2.45, 2.75) is 242 Å². The summed E-state index contributed by atoms with van der Waals surface area (Å²) in [5.74, 6) is 1.77. The number of pyridine rings is 1. The fourth-order valence-electron chi connectivity index (χ4n) is 13.3. The summed E-state index contributed by atoms with van der Waals surface area (Å²) in [5, 5.41) is 10.7. The fraction of sp³-hybridized carbons (Fsp3) is 0.622. The van der Waals surface area contributed by atoms with Crippen molar-refractivity contribution < 1.29 is 24.2 Å². The molecule has 0 saturated carbocycles. The van der Waals surface area contributed by atoms with Gasteiger partial charge in [-0.05, 0) is 255 Å². The molecule has 11 rings (SSSR count). The number of likely N-dealkylation sites (tertiary alicyclic amines) is 5. The predicted molar refractivity (Wildman–Crippen MR) is 391 cm³/mol. The van der Waals surface area contributed by atoms with E-state index in [1.54, 1.807) is 6.20 Å². The lowest BCUT2D eigenvalue weighted by atomic mass is 9.71. The smallest absolute Gasteiger partial charge is 0.254 e. The van der Waals surface area contributed by atoms with Gasteiger partial charge in [0, 0.05) is 103 Å². The number of carbonyl (C=O) groups excluding carboxylic acids is 2. The summed E-state index contributed by atoms with van der Waals surface area (Å²) < 4.78 is 11.2. The number of hydrogen-bond acceptors (Lipinski definition) is 10. The maximum atomic E-state index is 12.5. The minimum atomic E-state index is -0.622. The molecule has 12 nitrogen and oxygen atoms in total. The van der Waals surface area contributed by atoms with Crippen LogP contribution in [-0.4, -0.2) is 157 Å². The molecule has 0 atom stereocenters. The number of nitrogens with zero attached hydrogens (tertiary/aromatic N) is 7. The van der Waals surface area contributed by atoms with E-state index in [1.165, 1.54) is 42.5 Å². The van der Waals surface area contributed by atoms with Gasteiger partial charge in [-0.1, -0.05) is 117 Å². The fourth-order valence-corrected chi connectivity index (χ4v) is 13.3. The Bertz CT molecular complexity index is 3050. The molecule has 2 amide bonds. The Balaban J connectivity index is 0.000000182. The summed E-state index contributed by atoms with van der Waals surface area (Å²) in [4.78, 5) is 43.1. The Morgan fingerprint density at radius 2 is 0.979 bits per heavy atom. The minimum Gasteiger partial charge on any atom is -0.488 e. The zero-order chi connectivity index (χ0) is 69.6. The Morgan fingerprint density at radius 3 is 1.45 bits per heavy atom. The number of fused-ring (bicyclic) bond motifs is 1. The van der Waals surface area contributed by atoms with Crippen molar-refractivity contribution in [3.05, 3.63) is 167 Å². The summed E-state index contributed by atoms with van der Waals surface area (Å²) in [6, 6.07) is 42.7. The number of aromatic nitrogens is 1. The molecule has 0 aliphatic carbocycles. The van der Waals surface area contributed by atoms with Crippen molar-refractivity contribution in [1.82, 2.24) is 34.4 Å². The molecule has 0 bridgehead atoms. The van der Waals surface area contributed by atoms with Crippen molar-refractivity contribution in [1.29, 1.82) is 0 Å². The van der Waals surface area contributed by atoms with E-state index in [2.05, 4.69) is 184 Å². The average molecular weight is 1290 g/mol. The number of para-hydroxylation sites is 1. The first-order valence-corrected chi connectivity index (χ1v) is 35.4. The minimum absolute atomic E-state index is 0.0458. The second-order valence-electron chi connectivity index (χ2n) is 34.4. The zero-order valence-corrected chi connectivity index (χ0v) is 62.6. The highest BCUT2D eigenvalue weighted by Crippen LogP contribution is 2.43. The number of amides is 2. The first kappa shape index (κ1) is 77.5. The van der Waals surface area contributed by atoms with Crippen molar-refractivity contribution in [3.63, 3.8) is 0 Å². The van der Waals surface area contributed by atoms with E-state index in [-0.39, 0.29) is 39.6 Å². The summed E-state index contributed by atoms with van der Waals surface area (Å²) in [6.07, 6.45) is 9.07. The Kier molecular flexibility index (Phi) is 27.0. The van der Waals surface area contributed by atoms with Gasteiger partial charge >= 0.3 is 0 Å². The number of ether oxygens (including phenoxy) is 2. The molecular formula is C82H127N7O5. The standard InChI is InChI=1S/C18H27N3O.C15H28N2O.C15H23NO.C13H19N.C11H16O.C10H14O/c1-14-11-15(5-8-19-14)16(22)20-12-18(13-20)6-9-21(10-7-18)17(2,3)4;1-14(2,3)17-8-6-12(7-9-17)13(18)16-10-15(4,5)11-16;1-14(2,3)16-11-9-15(17,10-12-16)13-7-5-4-6-8-13;1-13(2,3)14-9-8-11-6-4-5-7-12(11)10-14;1-11(2,3)12-9-10-7-5-4-6-8-10;1-10(2,3)11-9-7-5-4-6-8-9/h5,8,11H,6-7,9-10,12-13H2,1-4H3;12H,6-11H2,1-5H3;4-8,17H,9-12H2,1-3H3;4-7H,8-10H2,1-3H3;4-8H,9H2,1-3H3;4-8H,1-3H3. The number of carbonyl (C=O) groups is 2. The Labute approximate surface area is 571 Å². The third-order valence-electron chi connectivity index (χ3n) is 19.2. The lowest BCUT2D eigenvalue weighted by Crippen LogP contribution is -2.63. The van der Waals surface area contributed by atoms with Crippen LogP contribution in [0.2, 0.25) is 0 Å². The molecule has 94 heavy (non-hydrogen) atoms. The van der Waals surface area contributed by atoms with Crippen LogP contribution >= 0.6 is 0 Å². The molecule has 520 valence electrons. The SMILES string of the molecule is CC(C)(C)N1CCC(O)(c2ccccc2)CC1.CC(C)(C)N1CCc2ccccc2C1.CC(C)(C)OCc1ccccc1.CC(C)(C)Oc1ccccc1.CC1(C)CN(C(=O)C2CCN(C(C)(C)C)CC2)C1.Cc1cc(C(=O)N2CC3(CCN(C(C)(C)C)CC3)C2)ccn1. The van der Waals surface area contributed by atoms with Crippen LogP contribution < -0.4 is 4.74 Å². The van der Waals surface area contributed by atoms with Crippen molar-refractivity contribution in [2.24, 2.45) is 16.7 Å². The van der Waals surface area contributed by atoms with Gasteiger partial charge in [-0.2, -0.15) is 0 Å². The molecule has 1 aromatic heterocycles. The molecule has 4 aromatic carbocycles. The summed E-state index contributed by atoms with van der Waals surface area (Å²) in [5.41, 5.74) is 7.98. The largest absolute Gasteiger partial charge is 0.488 e. The van der Waals surface area contributed by atoms with E-state index >= 15 is 0 Å². The van der Waals surface area contributed by atoms with E-state index < -0.39 is 5.60 Å². The quantitative estimate of drug-likeness (QED) is 0.177. The monoisotopic (exact) mass is 1290 g/mol. The summed E-state index contributed by atoms with van der Waals surface area (Å²) in [6.45, 7) is 59.1. The first-order valence-electron chi connectivity index (χ1n) is 35.4. The van der Waals surface area contributed by atoms with Gasteiger partial charge in [0.1, 0.15) is 11.4 Å². The van der Waals surface area contributed by atoms with Crippen molar-refractivity contribution in [3.8, 4) is 5.75 Å². The van der Waals surface area contributed by atoms with Crippen LogP contribution in [0.1, 0.15) is 215 Å². The van der Waals surface area contributed by atoms with Crippen LogP contribution in [0.15, 0.2) is 134 Å². The molecule has 5 aromatic rings. The van der Waals surface area contributed by atoms with Crippen molar-refractivity contribution in [2.75, 3.05) is 72.0 Å². The topological polar surface area (TPSA) is 105 Å². The molecule has 0 radical (unpaired) electrons. The van der Waals surface area contributed by atoms with Crippen LogP contribution in [0.4, 0.5) is 0 Å². The summed E-state index contributed by atoms with van der Waals surface area (Å²) in [7, 11) is 0. The lowest BCUT2D eigenvalue weighted by Gasteiger charge is -2.55. The third-order valence-corrected chi connectivity index (χ3v) is 19.2. The van der Waals surface area contributed by atoms with Gasteiger partial charge in [-0.3, -0.25) is 34.2 Å². The van der Waals surface area contributed by atoms with Gasteiger partial charge in [-0.15, -0.1) is 0 Å². The predicted octanol–water partition coefficient (Wildman–Crippen LogP) is 16.6. The van der Waals surface area contributed by atoms with E-state index in [9.17, 15) is 14.7 Å². The lowest BCUT2D eigenvalue weighted by molar-refractivity contribution is -0.148. The van der Waals surface area contributed by atoms with Gasteiger partial charge in [0.05, 0.1) is 17.8 Å². The summed E-state index contributed by atoms with van der Waals surface area (Å²) >= 11 is 0. The molecule has 1 spiro atoms. The Hall–Kier alpha value is -5.47. The molecule has 12 heteroatoms. The Morgan fingerprint density at radius 1 is 0.521 bits per heavy atom. The number of rotatable bonds is 6. The van der Waals surface area contributed by atoms with Gasteiger partial charge < -0.3 is 24.4 Å². The molecule has 7 heterocycles. The van der Waals surface area contributed by atoms with Gasteiger partial charge in [0.25, 0.3) is 5.91 Å². The van der Waals surface area contributed by atoms with Crippen LogP contribution in [0.25, 0.3) is 0 Å². The number of piperidine rings is 3. The van der Waals surface area contributed by atoms with Gasteiger partial charge in [0.2, 0.25) is 5.91 Å². The molecule has 5 fully saturated rings. The normalized spacial score (nSPS) is 19.4. The number of hydrogen-bond donors (Lipinski definition) is 1. The molecule has 6 aliphatic rings. The highest BCUT2D eigenvalue weighted by Gasteiger charge is 2.48. The highest BCUT2D eigenvalue weighted by atomic mass is 16.5. The van der Waals surface area contributed by atoms with E-state index in [0.717, 1.165) is 120 Å². The molecule has 6 aliphatic heterocycles. The second-order valence-corrected chi connectivity index (χ2v) is 34.4. The maximum Gasteiger partial charge on any atom is 0.254 e. The molecule has 0 unspecified atom stereocenters. The van der Waals surface area contributed by atoms with Gasteiger partial charge in [-0.25, -0.2) is 0 Å².